The number of amides is 2. The number of aliphatic carboxylic acids is 1. The number of aromatic nitrogens is 2. The van der Waals surface area contributed by atoms with Crippen molar-refractivity contribution in [3.8, 4) is 0 Å². The van der Waals surface area contributed by atoms with Crippen molar-refractivity contribution in [2.24, 2.45) is 5.92 Å². The molecule has 2 atom stereocenters. The Bertz CT molecular complexity index is 465. The number of hydrogen-bond donors (Lipinski definition) is 2. The first-order chi connectivity index (χ1) is 9.08. The van der Waals surface area contributed by atoms with Crippen LogP contribution in [-0.2, 0) is 4.79 Å². The molecule has 7 nitrogen and oxygen atoms in total. The average molecular weight is 264 g/mol. The van der Waals surface area contributed by atoms with Crippen LogP contribution in [0.3, 0.4) is 0 Å². The molecule has 0 aliphatic carbocycles. The Hall–Kier alpha value is -2.18. The zero-order chi connectivity index (χ0) is 13.8. The Morgan fingerprint density at radius 3 is 2.74 bits per heavy atom. The summed E-state index contributed by atoms with van der Waals surface area (Å²) in [5.41, 5.74) is 0. The normalized spacial score (nSPS) is 22.9. The van der Waals surface area contributed by atoms with Crippen LogP contribution in [0.5, 0.6) is 0 Å². The van der Waals surface area contributed by atoms with E-state index in [2.05, 4.69) is 15.3 Å². The van der Waals surface area contributed by atoms with E-state index in [1.807, 2.05) is 6.92 Å². The van der Waals surface area contributed by atoms with Crippen LogP contribution in [0.25, 0.3) is 0 Å². The van der Waals surface area contributed by atoms with Gasteiger partial charge in [0.1, 0.15) is 6.04 Å². The Morgan fingerprint density at radius 2 is 2.11 bits per heavy atom. The zero-order valence-electron chi connectivity index (χ0n) is 10.6. The van der Waals surface area contributed by atoms with Crippen molar-refractivity contribution < 1.29 is 14.7 Å². The molecule has 102 valence electrons. The minimum absolute atomic E-state index is 0.176. The van der Waals surface area contributed by atoms with Gasteiger partial charge in [0, 0.05) is 18.9 Å². The fraction of sp³-hybridized carbons (Fsp3) is 0.500. The molecule has 19 heavy (non-hydrogen) atoms. The zero-order valence-corrected chi connectivity index (χ0v) is 10.6. The number of likely N-dealkylation sites (tertiary alicyclic amines) is 1. The molecule has 1 aromatic heterocycles. The molecule has 2 unspecified atom stereocenters. The maximum Gasteiger partial charge on any atom is 0.326 e. The second-order valence-electron chi connectivity index (χ2n) is 4.68. The molecule has 1 aliphatic heterocycles. The molecule has 2 amide bonds. The quantitative estimate of drug-likeness (QED) is 0.836. The minimum Gasteiger partial charge on any atom is -0.480 e. The smallest absolute Gasteiger partial charge is 0.326 e. The highest BCUT2D eigenvalue weighted by Crippen LogP contribution is 2.23. The summed E-state index contributed by atoms with van der Waals surface area (Å²) in [6.45, 7) is 2.42. The molecule has 1 saturated heterocycles. The van der Waals surface area contributed by atoms with Gasteiger partial charge in [0.05, 0.1) is 0 Å². The number of nitrogens with zero attached hydrogens (tertiary/aromatic N) is 3. The first-order valence-electron chi connectivity index (χ1n) is 6.15. The first-order valence-corrected chi connectivity index (χ1v) is 6.15. The van der Waals surface area contributed by atoms with Crippen molar-refractivity contribution in [2.45, 2.75) is 25.8 Å². The highest BCUT2D eigenvalue weighted by atomic mass is 16.4. The van der Waals surface area contributed by atoms with Gasteiger partial charge in [-0.05, 0) is 24.8 Å². The molecule has 2 rings (SSSR count). The van der Waals surface area contributed by atoms with Crippen LogP contribution in [0.1, 0.15) is 19.8 Å². The molecule has 7 heteroatoms. The number of piperidine rings is 1. The average Bonchev–Trinajstić information content (AvgIpc) is 2.39. The third-order valence-electron chi connectivity index (χ3n) is 3.20. The van der Waals surface area contributed by atoms with Crippen LogP contribution in [0.2, 0.25) is 0 Å². The Morgan fingerprint density at radius 1 is 1.42 bits per heavy atom. The van der Waals surface area contributed by atoms with E-state index in [1.165, 1.54) is 17.3 Å². The lowest BCUT2D eigenvalue weighted by molar-refractivity contribution is -0.143. The molecular formula is C12H16N4O3. The predicted octanol–water partition coefficient (Wildman–Crippen LogP) is 1.19. The van der Waals surface area contributed by atoms with Crippen molar-refractivity contribution in [1.82, 2.24) is 14.9 Å². The highest BCUT2D eigenvalue weighted by molar-refractivity contribution is 5.91. The summed E-state index contributed by atoms with van der Waals surface area (Å²) < 4.78 is 0. The summed E-state index contributed by atoms with van der Waals surface area (Å²) in [6, 6.07) is 0.385. The maximum absolute atomic E-state index is 12.1. The monoisotopic (exact) mass is 264 g/mol. The largest absolute Gasteiger partial charge is 0.480 e. The number of urea groups is 1. The standard InChI is InChI=1S/C12H16N4O3/c1-8-3-6-16(9(7-8)10(17)18)12(19)15-11-13-4-2-5-14-11/h2,4-5,8-9H,3,6-7H2,1H3,(H,17,18)(H,13,14,15,19). The van der Waals surface area contributed by atoms with Gasteiger partial charge in [-0.2, -0.15) is 0 Å². The van der Waals surface area contributed by atoms with E-state index in [4.69, 9.17) is 0 Å². The van der Waals surface area contributed by atoms with Gasteiger partial charge in [-0.25, -0.2) is 19.6 Å². The van der Waals surface area contributed by atoms with Crippen LogP contribution in [0, 0.1) is 5.92 Å². The van der Waals surface area contributed by atoms with Crippen LogP contribution in [0.4, 0.5) is 10.7 Å². The SMILES string of the molecule is CC1CCN(C(=O)Nc2ncccn2)C(C(=O)O)C1. The molecule has 1 aromatic rings. The second-order valence-corrected chi connectivity index (χ2v) is 4.68. The first kappa shape index (κ1) is 13.3. The fourth-order valence-corrected chi connectivity index (χ4v) is 2.15. The third-order valence-corrected chi connectivity index (χ3v) is 3.20. The number of carbonyl (C=O) groups is 2. The summed E-state index contributed by atoms with van der Waals surface area (Å²) in [6.07, 6.45) is 4.29. The molecule has 2 N–H and O–H groups in total. The molecule has 0 aromatic carbocycles. The van der Waals surface area contributed by atoms with E-state index < -0.39 is 18.0 Å². The van der Waals surface area contributed by atoms with Crippen molar-refractivity contribution in [1.29, 1.82) is 0 Å². The number of nitrogens with one attached hydrogen (secondary N) is 1. The molecule has 1 aliphatic rings. The number of carboxylic acid groups (broad SMARTS) is 1. The highest BCUT2D eigenvalue weighted by Gasteiger charge is 2.34. The van der Waals surface area contributed by atoms with Gasteiger partial charge in [-0.3, -0.25) is 5.32 Å². The van der Waals surface area contributed by atoms with Gasteiger partial charge in [0.15, 0.2) is 0 Å². The molecule has 2 heterocycles. The predicted molar refractivity (Wildman–Crippen MR) is 67.6 cm³/mol. The van der Waals surface area contributed by atoms with E-state index in [9.17, 15) is 14.7 Å². The van der Waals surface area contributed by atoms with Crippen LogP contribution in [-0.4, -0.2) is 44.6 Å². The van der Waals surface area contributed by atoms with E-state index >= 15 is 0 Å². The Labute approximate surface area is 110 Å². The van der Waals surface area contributed by atoms with E-state index in [0.29, 0.717) is 18.9 Å². The lowest BCUT2D eigenvalue weighted by Gasteiger charge is -2.35. The van der Waals surface area contributed by atoms with Crippen molar-refractivity contribution in [3.63, 3.8) is 0 Å². The van der Waals surface area contributed by atoms with Gasteiger partial charge in [0.2, 0.25) is 5.95 Å². The molecule has 0 spiro atoms. The Kier molecular flexibility index (Phi) is 3.94. The minimum atomic E-state index is -0.976. The van der Waals surface area contributed by atoms with Gasteiger partial charge in [-0.1, -0.05) is 6.92 Å². The second kappa shape index (κ2) is 5.64. The van der Waals surface area contributed by atoms with Gasteiger partial charge < -0.3 is 10.0 Å². The number of rotatable bonds is 2. The van der Waals surface area contributed by atoms with E-state index in [1.54, 1.807) is 6.07 Å². The summed E-state index contributed by atoms with van der Waals surface area (Å²) in [5, 5.41) is 11.7. The van der Waals surface area contributed by atoms with Gasteiger partial charge in [0.25, 0.3) is 0 Å². The van der Waals surface area contributed by atoms with Crippen molar-refractivity contribution in [3.05, 3.63) is 18.5 Å². The lowest BCUT2D eigenvalue weighted by Crippen LogP contribution is -2.51. The van der Waals surface area contributed by atoms with Crippen LogP contribution >= 0.6 is 0 Å². The number of carbonyl (C=O) groups excluding carboxylic acids is 1. The van der Waals surface area contributed by atoms with Gasteiger partial charge in [-0.15, -0.1) is 0 Å². The summed E-state index contributed by atoms with van der Waals surface area (Å²) in [4.78, 5) is 32.4. The van der Waals surface area contributed by atoms with Crippen molar-refractivity contribution in [2.75, 3.05) is 11.9 Å². The van der Waals surface area contributed by atoms with E-state index in [0.717, 1.165) is 6.42 Å². The number of carboxylic acids is 1. The maximum atomic E-state index is 12.1. The Balaban J connectivity index is 2.06. The molecular weight excluding hydrogens is 248 g/mol. The van der Waals surface area contributed by atoms with Crippen molar-refractivity contribution >= 4 is 17.9 Å². The van der Waals surface area contributed by atoms with E-state index in [-0.39, 0.29) is 5.95 Å². The van der Waals surface area contributed by atoms with Crippen LogP contribution < -0.4 is 5.32 Å². The molecule has 1 fully saturated rings. The number of hydrogen-bond acceptors (Lipinski definition) is 4. The molecule has 0 radical (unpaired) electrons. The van der Waals surface area contributed by atoms with Gasteiger partial charge >= 0.3 is 12.0 Å². The third kappa shape index (κ3) is 3.18. The fourth-order valence-electron chi connectivity index (χ4n) is 2.15. The molecule has 0 saturated carbocycles. The summed E-state index contributed by atoms with van der Waals surface area (Å²) in [5.74, 6) is -0.496. The number of anilines is 1. The topological polar surface area (TPSA) is 95.4 Å². The summed E-state index contributed by atoms with van der Waals surface area (Å²) in [7, 11) is 0. The molecule has 0 bridgehead atoms. The lowest BCUT2D eigenvalue weighted by atomic mass is 9.93. The van der Waals surface area contributed by atoms with Crippen LogP contribution in [0.15, 0.2) is 18.5 Å². The summed E-state index contributed by atoms with van der Waals surface area (Å²) >= 11 is 0.